The fourth-order valence-electron chi connectivity index (χ4n) is 6.20. The van der Waals surface area contributed by atoms with Crippen molar-refractivity contribution in [1.29, 1.82) is 0 Å². The Balaban J connectivity index is 0.000000424. The number of nitrogens with zero attached hydrogens (tertiary/aromatic N) is 2. The van der Waals surface area contributed by atoms with Crippen LogP contribution in [0.2, 0.25) is 0 Å². The second-order valence-corrected chi connectivity index (χ2v) is 16.2. The molecule has 0 unspecified atom stereocenters. The summed E-state index contributed by atoms with van der Waals surface area (Å²) in [6.45, 7) is 21.8. The van der Waals surface area contributed by atoms with E-state index in [4.69, 9.17) is 9.98 Å². The minimum Gasteiger partial charge on any atom is -0.0799 e. The Kier molecular flexibility index (Phi) is 13.6. The normalized spacial score (nSPS) is 16.8. The van der Waals surface area contributed by atoms with Gasteiger partial charge in [-0.3, -0.25) is 0 Å². The van der Waals surface area contributed by atoms with Gasteiger partial charge in [0, 0.05) is 22.4 Å². The van der Waals surface area contributed by atoms with E-state index in [2.05, 4.69) is 135 Å². The molecule has 6 rings (SSSR count). The van der Waals surface area contributed by atoms with Gasteiger partial charge in [0.15, 0.2) is 0 Å². The van der Waals surface area contributed by atoms with Crippen molar-refractivity contribution < 1.29 is 41.7 Å². The molecule has 285 valence electrons. The van der Waals surface area contributed by atoms with Crippen molar-refractivity contribution in [1.82, 2.24) is 0 Å². The molecule has 2 aliphatic rings. The van der Waals surface area contributed by atoms with Gasteiger partial charge in [-0.1, -0.05) is 152 Å². The van der Waals surface area contributed by atoms with Crippen LogP contribution in [0.5, 0.6) is 0 Å². The second-order valence-electron chi connectivity index (χ2n) is 14.3. The molecule has 0 saturated carbocycles. The monoisotopic (exact) mass is 794 g/mol. The molecule has 0 saturated heterocycles. The maximum atomic E-state index is 9.87. The quantitative estimate of drug-likeness (QED) is 0.106. The first-order valence-corrected chi connectivity index (χ1v) is 19.5. The molecule has 2 aliphatic carbocycles. The summed E-state index contributed by atoms with van der Waals surface area (Å²) in [5.41, 5.74) is 11.7. The van der Waals surface area contributed by atoms with E-state index in [0.717, 1.165) is 28.7 Å². The molecule has 0 amide bonds. The summed E-state index contributed by atoms with van der Waals surface area (Å²) in [7, 11) is -10.7. The Bertz CT molecular complexity index is 1870. The molecule has 53 heavy (non-hydrogen) atoms. The Labute approximate surface area is 320 Å². The van der Waals surface area contributed by atoms with Gasteiger partial charge in [0.25, 0.3) is 0 Å². The van der Waals surface area contributed by atoms with Gasteiger partial charge in [0.05, 0.1) is 22.8 Å². The van der Waals surface area contributed by atoms with Gasteiger partial charge in [-0.2, -0.15) is 0 Å². The smallest absolute Gasteiger partial charge is 0.0799 e. The summed E-state index contributed by atoms with van der Waals surface area (Å²) in [4.78, 5) is 11.1. The molecular weight excluding hydrogens is 748 g/mol. The summed E-state index contributed by atoms with van der Waals surface area (Å²) in [6.07, 6.45) is 9.87. The van der Waals surface area contributed by atoms with Crippen molar-refractivity contribution in [3.63, 3.8) is 0 Å². The van der Waals surface area contributed by atoms with Crippen LogP contribution in [0.4, 0.5) is 36.6 Å². The standard InChI is InChI=1S/C36H40N2.C7H7.F6P.Ni/c1-21(2)26-15-11-16-27(22(3)4)33(26)37-35-30-19-9-13-25-14-10-20-31(32(25)30)36(35)38-34-28(23(5)6)17-12-18-29(34)24(7)8;1-7-5-3-2-4-6-7;1-7(2,3,4,5)6;/h9-24H,1-8H3;2-6H,1H2;;/q;;-1;+2. The van der Waals surface area contributed by atoms with Crippen LogP contribution in [0, 0.1) is 19.3 Å². The van der Waals surface area contributed by atoms with Crippen molar-refractivity contribution in [3.8, 4) is 0 Å². The second kappa shape index (κ2) is 16.5. The van der Waals surface area contributed by atoms with E-state index in [1.54, 1.807) is 0 Å². The molecule has 4 aromatic rings. The molecule has 10 heteroatoms. The van der Waals surface area contributed by atoms with E-state index >= 15 is 0 Å². The van der Waals surface area contributed by atoms with Gasteiger partial charge in [0.1, 0.15) is 0 Å². The molecule has 3 radical (unpaired) electrons. The van der Waals surface area contributed by atoms with Crippen molar-refractivity contribution in [2.45, 2.75) is 79.1 Å². The number of benzene rings is 4. The van der Waals surface area contributed by atoms with Crippen molar-refractivity contribution in [2.75, 3.05) is 0 Å². The SMILES string of the molecule is CC(C)c1cccc(C(C)C)c1N=C1C(=Nc2c(C(C)C)cccc2C(C)C)c2cccc3cccc1c23.F[P-](F)(F)(F)(F)F.[CH2][C]1[CH]C=CC=C1.[Ni+2]. The van der Waals surface area contributed by atoms with E-state index in [9.17, 15) is 25.2 Å². The van der Waals surface area contributed by atoms with Gasteiger partial charge in [-0.05, 0) is 64.7 Å². The molecule has 0 atom stereocenters. The largest absolute Gasteiger partial charge is 2.00 e. The number of rotatable bonds is 6. The van der Waals surface area contributed by atoms with Gasteiger partial charge in [-0.15, -0.1) is 0 Å². The molecule has 4 aromatic carbocycles. The molecule has 2 nitrogen and oxygen atoms in total. The van der Waals surface area contributed by atoms with E-state index in [1.807, 2.05) is 30.7 Å². The Morgan fingerprint density at radius 1 is 0.509 bits per heavy atom. The number of allylic oxidation sites excluding steroid dienone is 4. The summed E-state index contributed by atoms with van der Waals surface area (Å²) in [5, 5.41) is 2.49. The average Bonchev–Trinajstić information content (AvgIpc) is 3.33. The third-order valence-electron chi connectivity index (χ3n) is 8.61. The molecular formula is C43H47F6N2NiP+. The van der Waals surface area contributed by atoms with Crippen LogP contribution >= 0.6 is 7.81 Å². The third-order valence-corrected chi connectivity index (χ3v) is 8.61. The summed E-state index contributed by atoms with van der Waals surface area (Å²) < 4.78 is 59.2. The zero-order chi connectivity index (χ0) is 38.7. The molecule has 0 fully saturated rings. The van der Waals surface area contributed by atoms with Gasteiger partial charge < -0.3 is 0 Å². The maximum absolute atomic E-state index is 10.7. The van der Waals surface area contributed by atoms with Crippen LogP contribution in [0.25, 0.3) is 10.8 Å². The van der Waals surface area contributed by atoms with E-state index < -0.39 is 7.81 Å². The Hall–Kier alpha value is -3.54. The van der Waals surface area contributed by atoms with Crippen molar-refractivity contribution in [2.24, 2.45) is 9.98 Å². The number of hydrogen-bond donors (Lipinski definition) is 0. The summed E-state index contributed by atoms with van der Waals surface area (Å²) in [6, 6.07) is 26.5. The summed E-state index contributed by atoms with van der Waals surface area (Å²) in [5.74, 6) is 2.58. The Morgan fingerprint density at radius 3 is 1.11 bits per heavy atom. The van der Waals surface area contributed by atoms with Gasteiger partial charge in [0.2, 0.25) is 0 Å². The average molecular weight is 796 g/mol. The zero-order valence-corrected chi connectivity index (χ0v) is 33.1. The van der Waals surface area contributed by atoms with Crippen LogP contribution in [0.3, 0.4) is 0 Å². The van der Waals surface area contributed by atoms with Crippen molar-refractivity contribution in [3.05, 3.63) is 150 Å². The molecule has 0 bridgehead atoms. The first-order chi connectivity index (χ1) is 24.0. The van der Waals surface area contributed by atoms with Crippen LogP contribution in [-0.4, -0.2) is 11.4 Å². The molecule has 0 spiro atoms. The van der Waals surface area contributed by atoms with Crippen LogP contribution in [0.1, 0.15) is 112 Å². The van der Waals surface area contributed by atoms with Gasteiger partial charge >= 0.3 is 49.5 Å². The van der Waals surface area contributed by atoms with Gasteiger partial charge in [-0.25, -0.2) is 9.98 Å². The zero-order valence-electron chi connectivity index (χ0n) is 31.3. The maximum Gasteiger partial charge on any atom is 2.00 e. The number of para-hydroxylation sites is 2. The number of hydrogen-bond acceptors (Lipinski definition) is 2. The molecule has 0 aliphatic heterocycles. The molecule has 0 aromatic heterocycles. The van der Waals surface area contributed by atoms with Crippen molar-refractivity contribution >= 4 is 41.4 Å². The fraction of sp³-hybridized carbons (Fsp3) is 0.279. The first kappa shape index (κ1) is 43.9. The minimum absolute atomic E-state index is 0. The first-order valence-electron chi connectivity index (χ1n) is 17.4. The number of aliphatic imine (C=N–C) groups is 2. The van der Waals surface area contributed by atoms with E-state index in [-0.39, 0.29) is 16.5 Å². The molecule has 0 N–H and O–H groups in total. The van der Waals surface area contributed by atoms with Crippen LogP contribution < -0.4 is 0 Å². The Morgan fingerprint density at radius 2 is 0.849 bits per heavy atom. The fourth-order valence-corrected chi connectivity index (χ4v) is 6.20. The topological polar surface area (TPSA) is 24.7 Å². The minimum atomic E-state index is -10.7. The third kappa shape index (κ3) is 12.2. The number of halogens is 6. The predicted molar refractivity (Wildman–Crippen MR) is 210 cm³/mol. The predicted octanol–water partition coefficient (Wildman–Crippen LogP) is 15.7. The summed E-state index contributed by atoms with van der Waals surface area (Å²) >= 11 is 0. The molecule has 0 heterocycles. The van der Waals surface area contributed by atoms with Crippen LogP contribution in [0.15, 0.2) is 107 Å². The van der Waals surface area contributed by atoms with Crippen LogP contribution in [-0.2, 0) is 16.5 Å². The van der Waals surface area contributed by atoms with E-state index in [1.165, 1.54) is 44.2 Å². The van der Waals surface area contributed by atoms with E-state index in [0.29, 0.717) is 23.7 Å².